The number of carbonyl (C=O) groups excluding carboxylic acids is 1. The summed E-state index contributed by atoms with van der Waals surface area (Å²) in [7, 11) is 3.15. The third kappa shape index (κ3) is 4.52. The molecule has 0 aromatic heterocycles. The molecule has 2 unspecified atom stereocenters. The van der Waals surface area contributed by atoms with Crippen LogP contribution < -0.4 is 15.8 Å². The van der Waals surface area contributed by atoms with Crippen LogP contribution in [0, 0.1) is 0 Å². The van der Waals surface area contributed by atoms with Gasteiger partial charge in [0.05, 0.1) is 35.5 Å². The molecule has 22 heavy (non-hydrogen) atoms. The van der Waals surface area contributed by atoms with Crippen LogP contribution in [0.2, 0.25) is 5.02 Å². The summed E-state index contributed by atoms with van der Waals surface area (Å²) < 4.78 is 10.7. The first-order valence-corrected chi connectivity index (χ1v) is 7.82. The van der Waals surface area contributed by atoms with Crippen LogP contribution in [0.1, 0.15) is 43.5 Å². The smallest absolute Gasteiger partial charge is 0.255 e. The van der Waals surface area contributed by atoms with Gasteiger partial charge in [-0.25, -0.2) is 0 Å². The van der Waals surface area contributed by atoms with Crippen molar-refractivity contribution < 1.29 is 14.3 Å². The molecule has 1 aromatic carbocycles. The van der Waals surface area contributed by atoms with Crippen molar-refractivity contribution in [2.45, 2.75) is 45.3 Å². The number of nitrogens with two attached hydrogens (primary N) is 1. The molecule has 0 saturated carbocycles. The lowest BCUT2D eigenvalue weighted by atomic mass is 10.0. The number of anilines is 1. The molecular formula is C16H25ClN2O3. The van der Waals surface area contributed by atoms with Gasteiger partial charge in [0.25, 0.3) is 5.91 Å². The first kappa shape index (κ1) is 18.6. The van der Waals surface area contributed by atoms with E-state index in [2.05, 4.69) is 12.2 Å². The molecule has 2 atom stereocenters. The molecule has 0 aliphatic heterocycles. The number of nitrogens with one attached hydrogen (secondary N) is 1. The molecule has 1 amide bonds. The molecule has 0 bridgehead atoms. The molecule has 3 N–H and O–H groups in total. The number of benzene rings is 1. The van der Waals surface area contributed by atoms with Crippen LogP contribution in [0.3, 0.4) is 0 Å². The summed E-state index contributed by atoms with van der Waals surface area (Å²) in [6.07, 6.45) is 2.58. The minimum absolute atomic E-state index is 0.0286. The molecule has 5 nitrogen and oxygen atoms in total. The van der Waals surface area contributed by atoms with Gasteiger partial charge in [-0.2, -0.15) is 0 Å². The SMILES string of the molecule is CCCC(NC(=O)c1cc(Cl)c(N)cc1OC)C(CC)OC. The first-order chi connectivity index (χ1) is 10.5. The fraction of sp³-hybridized carbons (Fsp3) is 0.562. The summed E-state index contributed by atoms with van der Waals surface area (Å²) in [5.41, 5.74) is 6.49. The Kier molecular flexibility index (Phi) is 7.48. The van der Waals surface area contributed by atoms with Crippen LogP contribution in [0.5, 0.6) is 5.75 Å². The Hall–Kier alpha value is -1.46. The van der Waals surface area contributed by atoms with Crippen LogP contribution in [0.4, 0.5) is 5.69 Å². The number of rotatable bonds is 8. The number of halogens is 1. The van der Waals surface area contributed by atoms with Gasteiger partial charge in [-0.3, -0.25) is 4.79 Å². The van der Waals surface area contributed by atoms with Gasteiger partial charge in [-0.1, -0.05) is 31.9 Å². The Morgan fingerprint density at radius 1 is 1.36 bits per heavy atom. The second-order valence-corrected chi connectivity index (χ2v) is 5.53. The third-order valence-electron chi connectivity index (χ3n) is 3.63. The quantitative estimate of drug-likeness (QED) is 0.718. The van der Waals surface area contributed by atoms with E-state index in [-0.39, 0.29) is 18.1 Å². The molecule has 0 spiro atoms. The summed E-state index contributed by atoms with van der Waals surface area (Å²) in [4.78, 5) is 12.6. The monoisotopic (exact) mass is 328 g/mol. The highest BCUT2D eigenvalue weighted by molar-refractivity contribution is 6.33. The minimum Gasteiger partial charge on any atom is -0.496 e. The van der Waals surface area contributed by atoms with E-state index in [1.54, 1.807) is 13.2 Å². The highest BCUT2D eigenvalue weighted by atomic mass is 35.5. The minimum atomic E-state index is -0.243. The van der Waals surface area contributed by atoms with Crippen molar-refractivity contribution in [3.05, 3.63) is 22.7 Å². The van der Waals surface area contributed by atoms with Gasteiger partial charge in [0.1, 0.15) is 5.75 Å². The van der Waals surface area contributed by atoms with E-state index in [1.165, 1.54) is 13.2 Å². The Balaban J connectivity index is 3.01. The molecule has 0 fully saturated rings. The Labute approximate surface area is 137 Å². The average Bonchev–Trinajstić information content (AvgIpc) is 2.50. The maximum absolute atomic E-state index is 12.6. The fourth-order valence-electron chi connectivity index (χ4n) is 2.44. The topological polar surface area (TPSA) is 73.6 Å². The van der Waals surface area contributed by atoms with Gasteiger partial charge in [0.2, 0.25) is 0 Å². The van der Waals surface area contributed by atoms with Crippen molar-refractivity contribution in [3.63, 3.8) is 0 Å². The van der Waals surface area contributed by atoms with Crippen LogP contribution in [-0.2, 0) is 4.74 Å². The number of hydrogen-bond donors (Lipinski definition) is 2. The van der Waals surface area contributed by atoms with Crippen LogP contribution >= 0.6 is 11.6 Å². The van der Waals surface area contributed by atoms with Gasteiger partial charge in [-0.15, -0.1) is 0 Å². The molecule has 6 heteroatoms. The summed E-state index contributed by atoms with van der Waals surface area (Å²) in [5.74, 6) is 0.160. The molecule has 0 heterocycles. The lowest BCUT2D eigenvalue weighted by Gasteiger charge is -2.26. The van der Waals surface area contributed by atoms with E-state index in [4.69, 9.17) is 26.8 Å². The van der Waals surface area contributed by atoms with Gasteiger partial charge in [0.15, 0.2) is 0 Å². The van der Waals surface area contributed by atoms with Gasteiger partial charge < -0.3 is 20.5 Å². The molecular weight excluding hydrogens is 304 g/mol. The van der Waals surface area contributed by atoms with Crippen LogP contribution in [0.25, 0.3) is 0 Å². The number of ether oxygens (including phenoxy) is 2. The molecule has 124 valence electrons. The van der Waals surface area contributed by atoms with Gasteiger partial charge >= 0.3 is 0 Å². The van der Waals surface area contributed by atoms with Crippen molar-refractivity contribution in [2.24, 2.45) is 0 Å². The molecule has 1 aromatic rings. The Bertz CT molecular complexity index is 504. The van der Waals surface area contributed by atoms with E-state index in [1.807, 2.05) is 6.92 Å². The van der Waals surface area contributed by atoms with E-state index < -0.39 is 0 Å². The summed E-state index contributed by atoms with van der Waals surface area (Å²) in [6, 6.07) is 3.02. The number of amides is 1. The number of carbonyl (C=O) groups is 1. The highest BCUT2D eigenvalue weighted by Gasteiger charge is 2.23. The summed E-state index contributed by atoms with van der Waals surface area (Å²) >= 11 is 6.02. The maximum atomic E-state index is 12.6. The first-order valence-electron chi connectivity index (χ1n) is 7.45. The second kappa shape index (κ2) is 8.86. The number of nitrogen functional groups attached to an aromatic ring is 1. The zero-order valence-corrected chi connectivity index (χ0v) is 14.4. The third-order valence-corrected chi connectivity index (χ3v) is 3.96. The number of hydrogen-bond acceptors (Lipinski definition) is 4. The van der Waals surface area contributed by atoms with E-state index in [0.717, 1.165) is 19.3 Å². The van der Waals surface area contributed by atoms with E-state index in [0.29, 0.717) is 22.0 Å². The van der Waals surface area contributed by atoms with Crippen molar-refractivity contribution >= 4 is 23.2 Å². The second-order valence-electron chi connectivity index (χ2n) is 5.13. The standard InChI is InChI=1S/C16H25ClN2O3/c1-5-7-13(14(6-2)21-3)19-16(20)10-8-11(17)12(18)9-15(10)22-4/h8-9,13-14H,5-7,18H2,1-4H3,(H,19,20). The fourth-order valence-corrected chi connectivity index (χ4v) is 2.60. The van der Waals surface area contributed by atoms with Gasteiger partial charge in [-0.05, 0) is 18.9 Å². The zero-order chi connectivity index (χ0) is 16.7. The summed E-state index contributed by atoms with van der Waals surface area (Å²) in [5, 5.41) is 3.34. The predicted octanol–water partition coefficient (Wildman–Crippen LogP) is 3.25. The summed E-state index contributed by atoms with van der Waals surface area (Å²) in [6.45, 7) is 4.10. The lowest BCUT2D eigenvalue weighted by Crippen LogP contribution is -2.44. The van der Waals surface area contributed by atoms with Crippen LogP contribution in [0.15, 0.2) is 12.1 Å². The molecule has 0 radical (unpaired) electrons. The average molecular weight is 329 g/mol. The molecule has 0 aliphatic carbocycles. The molecule has 0 aliphatic rings. The van der Waals surface area contributed by atoms with Crippen molar-refractivity contribution in [2.75, 3.05) is 20.0 Å². The van der Waals surface area contributed by atoms with Crippen molar-refractivity contribution in [1.29, 1.82) is 0 Å². The predicted molar refractivity (Wildman–Crippen MR) is 89.7 cm³/mol. The van der Waals surface area contributed by atoms with E-state index >= 15 is 0 Å². The Morgan fingerprint density at radius 2 is 2.05 bits per heavy atom. The van der Waals surface area contributed by atoms with Gasteiger partial charge in [0, 0.05) is 13.2 Å². The number of methoxy groups -OCH3 is 2. The molecule has 1 rings (SSSR count). The maximum Gasteiger partial charge on any atom is 0.255 e. The van der Waals surface area contributed by atoms with Crippen LogP contribution in [-0.4, -0.2) is 32.3 Å². The zero-order valence-electron chi connectivity index (χ0n) is 13.6. The van der Waals surface area contributed by atoms with Crippen molar-refractivity contribution in [3.8, 4) is 5.75 Å². The highest BCUT2D eigenvalue weighted by Crippen LogP contribution is 2.29. The normalized spacial score (nSPS) is 13.5. The van der Waals surface area contributed by atoms with Crippen molar-refractivity contribution in [1.82, 2.24) is 5.32 Å². The van der Waals surface area contributed by atoms with E-state index in [9.17, 15) is 4.79 Å². The molecule has 0 saturated heterocycles. The lowest BCUT2D eigenvalue weighted by molar-refractivity contribution is 0.0558. The Morgan fingerprint density at radius 3 is 2.55 bits per heavy atom. The largest absolute Gasteiger partial charge is 0.496 e.